The van der Waals surface area contributed by atoms with Gasteiger partial charge in [0.15, 0.2) is 11.6 Å². The normalized spacial score (nSPS) is 10.3. The van der Waals surface area contributed by atoms with Crippen LogP contribution >= 0.6 is 0 Å². The first kappa shape index (κ1) is 12.9. The van der Waals surface area contributed by atoms with Crippen LogP contribution in [0.15, 0.2) is 30.5 Å². The van der Waals surface area contributed by atoms with Gasteiger partial charge in [0, 0.05) is 17.3 Å². The van der Waals surface area contributed by atoms with Crippen LogP contribution in [-0.2, 0) is 0 Å². The molecule has 0 atom stereocenters. The summed E-state index contributed by atoms with van der Waals surface area (Å²) in [6.45, 7) is 0. The van der Waals surface area contributed by atoms with Gasteiger partial charge >= 0.3 is 5.97 Å². The van der Waals surface area contributed by atoms with E-state index in [0.717, 1.165) is 6.07 Å². The zero-order valence-corrected chi connectivity index (χ0v) is 9.85. The first-order valence-electron chi connectivity index (χ1n) is 5.26. The third kappa shape index (κ3) is 2.37. The summed E-state index contributed by atoms with van der Waals surface area (Å²) in [6.07, 6.45) is 1.23. The number of carbonyl (C=O) groups is 1. The van der Waals surface area contributed by atoms with Crippen molar-refractivity contribution >= 4 is 5.97 Å². The van der Waals surface area contributed by atoms with Gasteiger partial charge in [0.1, 0.15) is 5.56 Å². The minimum Gasteiger partial charge on any atom is -0.480 e. The number of hydrogen-bond donors (Lipinski definition) is 1. The van der Waals surface area contributed by atoms with E-state index in [1.54, 1.807) is 0 Å². The summed E-state index contributed by atoms with van der Waals surface area (Å²) in [5, 5.41) is 9.00. The van der Waals surface area contributed by atoms with E-state index < -0.39 is 17.6 Å². The maximum Gasteiger partial charge on any atom is 0.341 e. The van der Waals surface area contributed by atoms with E-state index in [-0.39, 0.29) is 22.6 Å². The van der Waals surface area contributed by atoms with Crippen molar-refractivity contribution in [1.82, 2.24) is 4.98 Å². The van der Waals surface area contributed by atoms with Crippen molar-refractivity contribution in [2.45, 2.75) is 0 Å². The Labute approximate surface area is 107 Å². The molecule has 1 aromatic heterocycles. The van der Waals surface area contributed by atoms with Crippen LogP contribution in [0.25, 0.3) is 11.1 Å². The second-order valence-electron chi connectivity index (χ2n) is 3.69. The fourth-order valence-corrected chi connectivity index (χ4v) is 1.64. The van der Waals surface area contributed by atoms with Gasteiger partial charge in [-0.25, -0.2) is 18.6 Å². The van der Waals surface area contributed by atoms with Gasteiger partial charge in [-0.3, -0.25) is 0 Å². The number of aromatic carboxylic acids is 1. The lowest BCUT2D eigenvalue weighted by Crippen LogP contribution is -2.03. The van der Waals surface area contributed by atoms with Crippen LogP contribution in [-0.4, -0.2) is 23.2 Å². The highest BCUT2D eigenvalue weighted by molar-refractivity contribution is 5.91. The summed E-state index contributed by atoms with van der Waals surface area (Å²) < 4.78 is 31.5. The molecule has 98 valence electrons. The number of pyridine rings is 1. The van der Waals surface area contributed by atoms with E-state index >= 15 is 0 Å². The molecule has 0 aliphatic heterocycles. The number of carboxylic acids is 1. The molecule has 1 heterocycles. The Bertz CT molecular complexity index is 644. The van der Waals surface area contributed by atoms with Crippen molar-refractivity contribution in [3.63, 3.8) is 0 Å². The Hall–Kier alpha value is -2.50. The van der Waals surface area contributed by atoms with E-state index in [1.165, 1.54) is 31.5 Å². The van der Waals surface area contributed by atoms with Crippen molar-refractivity contribution in [3.05, 3.63) is 47.7 Å². The maximum atomic E-state index is 13.6. The molecule has 0 aliphatic carbocycles. The molecule has 0 fully saturated rings. The van der Waals surface area contributed by atoms with Crippen molar-refractivity contribution < 1.29 is 23.4 Å². The van der Waals surface area contributed by atoms with E-state index in [2.05, 4.69) is 4.98 Å². The average molecular weight is 265 g/mol. The largest absolute Gasteiger partial charge is 0.480 e. The zero-order chi connectivity index (χ0) is 14.0. The number of rotatable bonds is 3. The molecular weight excluding hydrogens is 256 g/mol. The molecule has 4 nitrogen and oxygen atoms in total. The third-order valence-electron chi connectivity index (χ3n) is 2.54. The van der Waals surface area contributed by atoms with E-state index in [1.807, 2.05) is 0 Å². The van der Waals surface area contributed by atoms with Crippen molar-refractivity contribution in [3.8, 4) is 17.0 Å². The Kier molecular flexibility index (Phi) is 3.41. The van der Waals surface area contributed by atoms with Crippen LogP contribution in [0.1, 0.15) is 10.4 Å². The van der Waals surface area contributed by atoms with Gasteiger partial charge in [-0.1, -0.05) is 12.1 Å². The molecule has 6 heteroatoms. The van der Waals surface area contributed by atoms with Crippen molar-refractivity contribution in [2.75, 3.05) is 7.11 Å². The Morgan fingerprint density at radius 2 is 2.11 bits per heavy atom. The number of hydrogen-bond acceptors (Lipinski definition) is 3. The van der Waals surface area contributed by atoms with Crippen LogP contribution in [0.5, 0.6) is 5.88 Å². The number of halogens is 2. The summed E-state index contributed by atoms with van der Waals surface area (Å²) in [7, 11) is 1.28. The molecule has 2 rings (SSSR count). The van der Waals surface area contributed by atoms with Crippen LogP contribution in [0.2, 0.25) is 0 Å². The van der Waals surface area contributed by atoms with Crippen molar-refractivity contribution in [1.29, 1.82) is 0 Å². The molecule has 0 aliphatic rings. The number of methoxy groups -OCH3 is 1. The molecule has 0 radical (unpaired) electrons. The highest BCUT2D eigenvalue weighted by Crippen LogP contribution is 2.27. The zero-order valence-electron chi connectivity index (χ0n) is 9.85. The van der Waals surface area contributed by atoms with Gasteiger partial charge in [-0.15, -0.1) is 0 Å². The van der Waals surface area contributed by atoms with E-state index in [4.69, 9.17) is 9.84 Å². The highest BCUT2D eigenvalue weighted by atomic mass is 19.2. The third-order valence-corrected chi connectivity index (χ3v) is 2.54. The molecule has 1 aromatic carbocycles. The predicted octanol–water partition coefficient (Wildman–Crippen LogP) is 2.73. The molecular formula is C13H9F2NO3. The minimum atomic E-state index is -1.26. The Morgan fingerprint density at radius 1 is 1.37 bits per heavy atom. The topological polar surface area (TPSA) is 59.4 Å². The minimum absolute atomic E-state index is 0.0577. The predicted molar refractivity (Wildman–Crippen MR) is 63.1 cm³/mol. The lowest BCUT2D eigenvalue weighted by Gasteiger charge is -2.07. The summed E-state index contributed by atoms with van der Waals surface area (Å²) in [5.41, 5.74) is -0.114. The molecule has 1 N–H and O–H groups in total. The van der Waals surface area contributed by atoms with E-state index in [9.17, 15) is 13.6 Å². The van der Waals surface area contributed by atoms with Crippen LogP contribution in [0.4, 0.5) is 8.78 Å². The van der Waals surface area contributed by atoms with Gasteiger partial charge in [0.05, 0.1) is 7.11 Å². The summed E-state index contributed by atoms with van der Waals surface area (Å²) in [5.74, 6) is -3.41. The van der Waals surface area contributed by atoms with Crippen molar-refractivity contribution in [2.24, 2.45) is 0 Å². The number of aromatic nitrogens is 1. The highest BCUT2D eigenvalue weighted by Gasteiger charge is 2.16. The molecule has 0 spiro atoms. The monoisotopic (exact) mass is 265 g/mol. The fraction of sp³-hybridized carbons (Fsp3) is 0.0769. The Morgan fingerprint density at radius 3 is 2.74 bits per heavy atom. The SMILES string of the molecule is COc1ncc(-c2cccc(F)c2F)cc1C(=O)O. The molecule has 2 aromatic rings. The summed E-state index contributed by atoms with van der Waals surface area (Å²) in [6, 6.07) is 4.84. The first-order chi connectivity index (χ1) is 9.04. The van der Waals surface area contributed by atoms with Gasteiger partial charge < -0.3 is 9.84 Å². The summed E-state index contributed by atoms with van der Waals surface area (Å²) >= 11 is 0. The van der Waals surface area contributed by atoms with E-state index in [0.29, 0.717) is 0 Å². The Balaban J connectivity index is 2.61. The molecule has 0 saturated carbocycles. The fourth-order valence-electron chi connectivity index (χ4n) is 1.64. The lowest BCUT2D eigenvalue weighted by atomic mass is 10.0. The quantitative estimate of drug-likeness (QED) is 0.927. The summed E-state index contributed by atoms with van der Waals surface area (Å²) in [4.78, 5) is 14.8. The number of carboxylic acid groups (broad SMARTS) is 1. The molecule has 0 saturated heterocycles. The number of ether oxygens (including phenoxy) is 1. The van der Waals surface area contributed by atoms with Gasteiger partial charge in [-0.05, 0) is 12.1 Å². The molecule has 19 heavy (non-hydrogen) atoms. The van der Waals surface area contributed by atoms with Crippen LogP contribution in [0.3, 0.4) is 0 Å². The smallest absolute Gasteiger partial charge is 0.341 e. The van der Waals surface area contributed by atoms with Crippen LogP contribution in [0, 0.1) is 11.6 Å². The van der Waals surface area contributed by atoms with Gasteiger partial charge in [0.2, 0.25) is 5.88 Å². The number of benzene rings is 1. The first-order valence-corrected chi connectivity index (χ1v) is 5.26. The second-order valence-corrected chi connectivity index (χ2v) is 3.69. The second kappa shape index (κ2) is 5.01. The molecule has 0 amide bonds. The van der Waals surface area contributed by atoms with Gasteiger partial charge in [-0.2, -0.15) is 0 Å². The lowest BCUT2D eigenvalue weighted by molar-refractivity contribution is 0.0692. The standard InChI is InChI=1S/C13H9F2NO3/c1-19-12-9(13(17)18)5-7(6-16-12)8-3-2-4-10(14)11(8)15/h2-6H,1H3,(H,17,18). The average Bonchev–Trinajstić information content (AvgIpc) is 2.41. The maximum absolute atomic E-state index is 13.6. The molecule has 0 bridgehead atoms. The molecule has 0 unspecified atom stereocenters. The van der Waals surface area contributed by atoms with Crippen LogP contribution < -0.4 is 4.74 Å². The number of nitrogens with zero attached hydrogens (tertiary/aromatic N) is 1. The van der Waals surface area contributed by atoms with Gasteiger partial charge in [0.25, 0.3) is 0 Å².